The van der Waals surface area contributed by atoms with Crippen LogP contribution in [0.4, 0.5) is 0 Å². The summed E-state index contributed by atoms with van der Waals surface area (Å²) in [5.41, 5.74) is -0.867. The van der Waals surface area contributed by atoms with E-state index in [0.29, 0.717) is 0 Å². The Kier molecular flexibility index (Phi) is 2.88. The molecule has 1 saturated carbocycles. The molecular weight excluding hydrogens is 260 g/mol. The van der Waals surface area contributed by atoms with Crippen molar-refractivity contribution < 1.29 is 23.8 Å². The SMILES string of the molecule is COC(=O)[C@@]12C=CC(=O)C(OC)(OC)[C@@H]1[C@@H]1C=C[C@H]2C1. The lowest BCUT2D eigenvalue weighted by atomic mass is 9.61. The van der Waals surface area contributed by atoms with Gasteiger partial charge in [-0.2, -0.15) is 0 Å². The average molecular weight is 278 g/mol. The maximum Gasteiger partial charge on any atom is 0.316 e. The molecule has 0 unspecified atom stereocenters. The number of carbonyl (C=O) groups is 2. The monoisotopic (exact) mass is 278 g/mol. The Balaban J connectivity index is 2.21. The van der Waals surface area contributed by atoms with Crippen LogP contribution >= 0.6 is 0 Å². The molecule has 0 radical (unpaired) electrons. The zero-order chi connectivity index (χ0) is 14.5. The second-order valence-electron chi connectivity index (χ2n) is 5.57. The predicted octanol–water partition coefficient (Wildman–Crippen LogP) is 1.10. The molecule has 0 amide bonds. The highest BCUT2D eigenvalue weighted by Crippen LogP contribution is 2.63. The maximum absolute atomic E-state index is 12.5. The van der Waals surface area contributed by atoms with E-state index in [2.05, 4.69) is 6.08 Å². The topological polar surface area (TPSA) is 61.8 Å². The van der Waals surface area contributed by atoms with Crippen LogP contribution in [0.1, 0.15) is 6.42 Å². The van der Waals surface area contributed by atoms with Crippen molar-refractivity contribution in [2.24, 2.45) is 23.2 Å². The molecule has 0 aromatic rings. The lowest BCUT2D eigenvalue weighted by Gasteiger charge is -2.48. The van der Waals surface area contributed by atoms with Gasteiger partial charge in [-0.3, -0.25) is 9.59 Å². The molecule has 3 rings (SSSR count). The Morgan fingerprint density at radius 2 is 1.95 bits per heavy atom. The molecular formula is C15H18O5. The van der Waals surface area contributed by atoms with Crippen molar-refractivity contribution in [2.75, 3.05) is 21.3 Å². The number of ketones is 1. The standard InChI is InChI=1S/C15H18O5/c1-18-13(17)14-7-6-11(16)15(19-2,20-3)12(14)9-4-5-10(14)8-9/h4-7,9-10,12H,8H2,1-3H3/t9-,10+,12-,14-/m1/s1. The minimum absolute atomic E-state index is 0.0268. The summed E-state index contributed by atoms with van der Waals surface area (Å²) in [4.78, 5) is 24.8. The minimum Gasteiger partial charge on any atom is -0.468 e. The molecule has 2 bridgehead atoms. The Labute approximate surface area is 117 Å². The second-order valence-corrected chi connectivity index (χ2v) is 5.57. The number of fused-ring (bicyclic) bond motifs is 5. The molecule has 3 aliphatic rings. The van der Waals surface area contributed by atoms with E-state index in [1.807, 2.05) is 6.08 Å². The number of ether oxygens (including phenoxy) is 3. The van der Waals surface area contributed by atoms with Crippen LogP contribution in [0.3, 0.4) is 0 Å². The van der Waals surface area contributed by atoms with E-state index >= 15 is 0 Å². The van der Waals surface area contributed by atoms with Crippen LogP contribution in [0.5, 0.6) is 0 Å². The van der Waals surface area contributed by atoms with Gasteiger partial charge in [0.2, 0.25) is 11.6 Å². The highest BCUT2D eigenvalue weighted by molar-refractivity contribution is 6.00. The third-order valence-corrected chi connectivity index (χ3v) is 5.08. The number of allylic oxidation sites excluding steroid dienone is 2. The van der Waals surface area contributed by atoms with E-state index in [0.717, 1.165) is 6.42 Å². The summed E-state index contributed by atoms with van der Waals surface area (Å²) in [5.74, 6) is -2.28. The molecule has 20 heavy (non-hydrogen) atoms. The molecule has 0 spiro atoms. The minimum atomic E-state index is -1.41. The maximum atomic E-state index is 12.5. The van der Waals surface area contributed by atoms with Gasteiger partial charge < -0.3 is 14.2 Å². The first-order valence-electron chi connectivity index (χ1n) is 6.67. The Morgan fingerprint density at radius 3 is 2.55 bits per heavy atom. The van der Waals surface area contributed by atoms with Gasteiger partial charge in [-0.15, -0.1) is 0 Å². The number of esters is 1. The van der Waals surface area contributed by atoms with E-state index in [-0.39, 0.29) is 29.5 Å². The van der Waals surface area contributed by atoms with Crippen LogP contribution < -0.4 is 0 Å². The van der Waals surface area contributed by atoms with Gasteiger partial charge in [-0.05, 0) is 24.3 Å². The summed E-state index contributed by atoms with van der Waals surface area (Å²) in [7, 11) is 4.26. The predicted molar refractivity (Wildman–Crippen MR) is 69.6 cm³/mol. The molecule has 0 aliphatic heterocycles. The van der Waals surface area contributed by atoms with Gasteiger partial charge in [0.15, 0.2) is 0 Å². The molecule has 0 aromatic heterocycles. The third kappa shape index (κ3) is 1.29. The largest absolute Gasteiger partial charge is 0.468 e. The molecule has 3 aliphatic carbocycles. The van der Waals surface area contributed by atoms with Crippen molar-refractivity contribution in [1.29, 1.82) is 0 Å². The molecule has 4 atom stereocenters. The van der Waals surface area contributed by atoms with Crippen molar-refractivity contribution in [3.05, 3.63) is 24.3 Å². The Morgan fingerprint density at radius 1 is 1.25 bits per heavy atom. The highest BCUT2D eigenvalue weighted by atomic mass is 16.7. The van der Waals surface area contributed by atoms with Crippen molar-refractivity contribution in [3.8, 4) is 0 Å². The summed E-state index contributed by atoms with van der Waals surface area (Å²) >= 11 is 0. The zero-order valence-electron chi connectivity index (χ0n) is 11.8. The van der Waals surface area contributed by atoms with E-state index in [4.69, 9.17) is 14.2 Å². The lowest BCUT2D eigenvalue weighted by Crippen LogP contribution is -2.60. The summed E-state index contributed by atoms with van der Waals surface area (Å²) in [6.07, 6.45) is 7.99. The van der Waals surface area contributed by atoms with E-state index in [1.54, 1.807) is 6.08 Å². The molecule has 0 saturated heterocycles. The van der Waals surface area contributed by atoms with Gasteiger partial charge in [-0.1, -0.05) is 18.2 Å². The smallest absolute Gasteiger partial charge is 0.316 e. The summed E-state index contributed by atoms with van der Waals surface area (Å²) in [5, 5.41) is 0. The number of carbonyl (C=O) groups excluding carboxylic acids is 2. The van der Waals surface area contributed by atoms with Gasteiger partial charge in [0.05, 0.1) is 7.11 Å². The van der Waals surface area contributed by atoms with Crippen molar-refractivity contribution in [1.82, 2.24) is 0 Å². The zero-order valence-corrected chi connectivity index (χ0v) is 11.8. The molecule has 0 aromatic carbocycles. The number of hydrogen-bond donors (Lipinski definition) is 0. The van der Waals surface area contributed by atoms with Gasteiger partial charge in [0.1, 0.15) is 5.41 Å². The van der Waals surface area contributed by atoms with Crippen molar-refractivity contribution in [2.45, 2.75) is 12.2 Å². The van der Waals surface area contributed by atoms with Gasteiger partial charge in [0, 0.05) is 20.1 Å². The number of methoxy groups -OCH3 is 3. The van der Waals surface area contributed by atoms with Crippen molar-refractivity contribution in [3.63, 3.8) is 0 Å². The first-order chi connectivity index (χ1) is 9.56. The van der Waals surface area contributed by atoms with Crippen LogP contribution in [0.15, 0.2) is 24.3 Å². The fourth-order valence-electron chi connectivity index (χ4n) is 4.28. The first-order valence-corrected chi connectivity index (χ1v) is 6.67. The quantitative estimate of drug-likeness (QED) is 0.439. The number of hydrogen-bond acceptors (Lipinski definition) is 5. The van der Waals surface area contributed by atoms with Crippen LogP contribution in [0.2, 0.25) is 0 Å². The molecule has 108 valence electrons. The molecule has 1 fully saturated rings. The van der Waals surface area contributed by atoms with Crippen molar-refractivity contribution >= 4 is 11.8 Å². The van der Waals surface area contributed by atoms with E-state index in [9.17, 15) is 9.59 Å². The van der Waals surface area contributed by atoms with Gasteiger partial charge in [-0.25, -0.2) is 0 Å². The van der Waals surface area contributed by atoms with E-state index in [1.165, 1.54) is 27.4 Å². The van der Waals surface area contributed by atoms with Gasteiger partial charge >= 0.3 is 5.97 Å². The first kappa shape index (κ1) is 13.5. The number of rotatable bonds is 3. The Hall–Kier alpha value is -1.46. The normalized spacial score (nSPS) is 40.0. The lowest BCUT2D eigenvalue weighted by molar-refractivity contribution is -0.247. The van der Waals surface area contributed by atoms with Crippen LogP contribution in [0.25, 0.3) is 0 Å². The molecule has 0 heterocycles. The Bertz CT molecular complexity index is 516. The third-order valence-electron chi connectivity index (χ3n) is 5.08. The van der Waals surface area contributed by atoms with Crippen LogP contribution in [0, 0.1) is 23.2 Å². The second kappa shape index (κ2) is 4.27. The summed E-state index contributed by atoms with van der Waals surface area (Å²) < 4.78 is 15.9. The fourth-order valence-corrected chi connectivity index (χ4v) is 4.28. The average Bonchev–Trinajstić information content (AvgIpc) is 3.07. The van der Waals surface area contributed by atoms with E-state index < -0.39 is 11.2 Å². The van der Waals surface area contributed by atoms with Crippen LogP contribution in [-0.2, 0) is 23.8 Å². The summed E-state index contributed by atoms with van der Waals surface area (Å²) in [6, 6.07) is 0. The molecule has 0 N–H and O–H groups in total. The molecule has 5 heteroatoms. The summed E-state index contributed by atoms with van der Waals surface area (Å²) in [6.45, 7) is 0. The highest BCUT2D eigenvalue weighted by Gasteiger charge is 2.70. The van der Waals surface area contributed by atoms with Crippen LogP contribution in [-0.4, -0.2) is 38.9 Å². The van der Waals surface area contributed by atoms with Gasteiger partial charge in [0.25, 0.3) is 0 Å². The molecule has 5 nitrogen and oxygen atoms in total. The fraction of sp³-hybridized carbons (Fsp3) is 0.600.